The molecule has 1 aliphatic heterocycles. The summed E-state index contributed by atoms with van der Waals surface area (Å²) in [6.45, 7) is 3.61. The van der Waals surface area contributed by atoms with Crippen molar-refractivity contribution in [1.82, 2.24) is 19.9 Å². The quantitative estimate of drug-likeness (QED) is 0.629. The third-order valence-electron chi connectivity index (χ3n) is 6.40. The lowest BCUT2D eigenvalue weighted by Gasteiger charge is -2.31. The molecule has 3 aromatic rings. The highest BCUT2D eigenvalue weighted by Crippen LogP contribution is 2.40. The second kappa shape index (κ2) is 8.65. The number of rotatable bonds is 5. The molecule has 2 aromatic heterocycles. The maximum absolute atomic E-state index is 13.7. The first kappa shape index (κ1) is 20.5. The van der Waals surface area contributed by atoms with Crippen molar-refractivity contribution in [1.29, 1.82) is 0 Å². The Hall–Kier alpha value is -3.35. The van der Waals surface area contributed by atoms with Crippen LogP contribution in [-0.2, 0) is 4.79 Å². The van der Waals surface area contributed by atoms with E-state index in [1.807, 2.05) is 23.1 Å². The molecule has 0 spiro atoms. The zero-order valence-electron chi connectivity index (χ0n) is 18.0. The van der Waals surface area contributed by atoms with Crippen LogP contribution in [0.1, 0.15) is 37.9 Å². The van der Waals surface area contributed by atoms with E-state index >= 15 is 0 Å². The summed E-state index contributed by atoms with van der Waals surface area (Å²) in [6.07, 6.45) is 6.19. The molecule has 1 saturated heterocycles. The average molecular weight is 432 g/mol. The van der Waals surface area contributed by atoms with Crippen molar-refractivity contribution in [2.24, 2.45) is 11.8 Å². The number of amides is 1. The number of nitrogens with zero attached hydrogens (tertiary/aromatic N) is 4. The monoisotopic (exact) mass is 431 g/mol. The third kappa shape index (κ3) is 4.47. The Labute approximate surface area is 186 Å². The second-order valence-electron chi connectivity index (χ2n) is 8.79. The number of halogens is 1. The maximum Gasteiger partial charge on any atom is 0.225 e. The van der Waals surface area contributed by atoms with E-state index in [1.54, 1.807) is 24.5 Å². The zero-order chi connectivity index (χ0) is 22.1. The summed E-state index contributed by atoms with van der Waals surface area (Å²) in [4.78, 5) is 28.4. The van der Waals surface area contributed by atoms with Gasteiger partial charge in [0, 0.05) is 54.6 Å². The molecule has 0 radical (unpaired) electrons. The van der Waals surface area contributed by atoms with E-state index in [-0.39, 0.29) is 17.7 Å². The molecule has 3 heterocycles. The standard InChI is InChI=1S/C25H26FN5O/c1-16-12-21(16)25(32)31-10-7-17(8-11-31)24-29-22(18-4-3-9-27-15-18)14-23(30-24)28-20-6-2-5-19(26)13-20/h2-6,9,13-17,21H,7-8,10-12H2,1H3,(H,28,29,30). The van der Waals surface area contributed by atoms with E-state index in [0.717, 1.165) is 49.4 Å². The fourth-order valence-electron chi connectivity index (χ4n) is 4.35. The number of piperidine rings is 1. The highest BCUT2D eigenvalue weighted by atomic mass is 19.1. The molecule has 1 N–H and O–H groups in total. The van der Waals surface area contributed by atoms with Crippen LogP contribution in [0.5, 0.6) is 0 Å². The lowest BCUT2D eigenvalue weighted by Crippen LogP contribution is -2.39. The van der Waals surface area contributed by atoms with E-state index < -0.39 is 0 Å². The third-order valence-corrected chi connectivity index (χ3v) is 6.40. The first-order valence-electron chi connectivity index (χ1n) is 11.2. The number of benzene rings is 1. The van der Waals surface area contributed by atoms with Gasteiger partial charge >= 0.3 is 0 Å². The predicted molar refractivity (Wildman–Crippen MR) is 121 cm³/mol. The Bertz CT molecular complexity index is 1110. The van der Waals surface area contributed by atoms with Gasteiger partial charge in [0.25, 0.3) is 0 Å². The molecule has 2 aliphatic rings. The van der Waals surface area contributed by atoms with Crippen LogP contribution in [0.25, 0.3) is 11.3 Å². The van der Waals surface area contributed by atoms with E-state index in [2.05, 4.69) is 17.2 Å². The van der Waals surface area contributed by atoms with E-state index in [4.69, 9.17) is 9.97 Å². The molecule has 2 fully saturated rings. The number of nitrogens with one attached hydrogen (secondary N) is 1. The Morgan fingerprint density at radius 1 is 1.12 bits per heavy atom. The minimum absolute atomic E-state index is 0.167. The van der Waals surface area contributed by atoms with Gasteiger partial charge in [-0.05, 0) is 55.5 Å². The molecule has 1 aromatic carbocycles. The fraction of sp³-hybridized carbons (Fsp3) is 0.360. The van der Waals surface area contributed by atoms with Crippen molar-refractivity contribution in [3.8, 4) is 11.3 Å². The summed E-state index contributed by atoms with van der Waals surface area (Å²) >= 11 is 0. The van der Waals surface area contributed by atoms with Gasteiger partial charge in [0.2, 0.25) is 5.91 Å². The molecule has 1 amide bonds. The Kier molecular flexibility index (Phi) is 5.55. The van der Waals surface area contributed by atoms with Crippen molar-refractivity contribution in [2.45, 2.75) is 32.1 Å². The van der Waals surface area contributed by atoms with Crippen LogP contribution in [0.2, 0.25) is 0 Å². The molecule has 5 rings (SSSR count). The first-order chi connectivity index (χ1) is 15.6. The molecular weight excluding hydrogens is 405 g/mol. The van der Waals surface area contributed by atoms with Crippen molar-refractivity contribution in [3.05, 3.63) is 66.5 Å². The summed E-state index contributed by atoms with van der Waals surface area (Å²) < 4.78 is 13.7. The lowest BCUT2D eigenvalue weighted by atomic mass is 9.95. The van der Waals surface area contributed by atoms with E-state index in [1.165, 1.54) is 12.1 Å². The number of hydrogen-bond donors (Lipinski definition) is 1. The molecule has 0 bridgehead atoms. The van der Waals surface area contributed by atoms with Crippen LogP contribution in [0.4, 0.5) is 15.9 Å². The van der Waals surface area contributed by atoms with Crippen LogP contribution >= 0.6 is 0 Å². The molecule has 164 valence electrons. The van der Waals surface area contributed by atoms with Crippen LogP contribution < -0.4 is 5.32 Å². The smallest absolute Gasteiger partial charge is 0.225 e. The lowest BCUT2D eigenvalue weighted by molar-refractivity contribution is -0.133. The van der Waals surface area contributed by atoms with Crippen LogP contribution in [0.15, 0.2) is 54.9 Å². The fourth-order valence-corrected chi connectivity index (χ4v) is 4.35. The number of anilines is 2. The van der Waals surface area contributed by atoms with Crippen molar-refractivity contribution in [2.75, 3.05) is 18.4 Å². The summed E-state index contributed by atoms with van der Waals surface area (Å²) in [5, 5.41) is 3.21. The Morgan fingerprint density at radius 2 is 1.94 bits per heavy atom. The molecule has 2 unspecified atom stereocenters. The summed E-state index contributed by atoms with van der Waals surface area (Å²) in [6, 6.07) is 12.0. The van der Waals surface area contributed by atoms with E-state index in [9.17, 15) is 9.18 Å². The summed E-state index contributed by atoms with van der Waals surface area (Å²) in [5.41, 5.74) is 2.30. The van der Waals surface area contributed by atoms with Gasteiger partial charge in [-0.3, -0.25) is 9.78 Å². The maximum atomic E-state index is 13.7. The molecular formula is C25H26FN5O. The SMILES string of the molecule is CC1CC1C(=O)N1CCC(c2nc(Nc3cccc(F)c3)cc(-c3cccnc3)n2)CC1. The zero-order valence-corrected chi connectivity index (χ0v) is 18.0. The number of aromatic nitrogens is 3. The van der Waals surface area contributed by atoms with Gasteiger partial charge in [-0.25, -0.2) is 14.4 Å². The van der Waals surface area contributed by atoms with Crippen molar-refractivity contribution in [3.63, 3.8) is 0 Å². The molecule has 7 heteroatoms. The second-order valence-corrected chi connectivity index (χ2v) is 8.79. The van der Waals surface area contributed by atoms with Crippen molar-refractivity contribution >= 4 is 17.4 Å². The van der Waals surface area contributed by atoms with Gasteiger partial charge in [0.05, 0.1) is 5.69 Å². The highest BCUT2D eigenvalue weighted by Gasteiger charge is 2.42. The highest BCUT2D eigenvalue weighted by molar-refractivity contribution is 5.81. The molecule has 6 nitrogen and oxygen atoms in total. The van der Waals surface area contributed by atoms with Crippen LogP contribution in [0, 0.1) is 17.7 Å². The summed E-state index contributed by atoms with van der Waals surface area (Å²) in [5.74, 6) is 2.27. The molecule has 1 aliphatic carbocycles. The van der Waals surface area contributed by atoms with Gasteiger partial charge < -0.3 is 10.2 Å². The molecule has 32 heavy (non-hydrogen) atoms. The molecule has 1 saturated carbocycles. The van der Waals surface area contributed by atoms with Crippen LogP contribution in [-0.4, -0.2) is 38.8 Å². The average Bonchev–Trinajstić information content (AvgIpc) is 3.55. The number of likely N-dealkylation sites (tertiary alicyclic amines) is 1. The normalized spacial score (nSPS) is 20.8. The van der Waals surface area contributed by atoms with Gasteiger partial charge in [0.1, 0.15) is 17.5 Å². The minimum Gasteiger partial charge on any atom is -0.342 e. The number of carbonyl (C=O) groups excluding carboxylic acids is 1. The number of hydrogen-bond acceptors (Lipinski definition) is 5. The number of pyridine rings is 1. The van der Waals surface area contributed by atoms with Gasteiger partial charge in [0.15, 0.2) is 0 Å². The van der Waals surface area contributed by atoms with Crippen molar-refractivity contribution < 1.29 is 9.18 Å². The first-order valence-corrected chi connectivity index (χ1v) is 11.2. The van der Waals surface area contributed by atoms with E-state index in [0.29, 0.717) is 23.3 Å². The van der Waals surface area contributed by atoms with Gasteiger partial charge in [-0.1, -0.05) is 13.0 Å². The Balaban J connectivity index is 1.39. The topological polar surface area (TPSA) is 71.0 Å². The van der Waals surface area contributed by atoms with Crippen LogP contribution in [0.3, 0.4) is 0 Å². The summed E-state index contributed by atoms with van der Waals surface area (Å²) in [7, 11) is 0. The van der Waals surface area contributed by atoms with Gasteiger partial charge in [-0.2, -0.15) is 0 Å². The molecule has 2 atom stereocenters. The predicted octanol–water partition coefficient (Wildman–Crippen LogP) is 4.78. The minimum atomic E-state index is -0.307. The largest absolute Gasteiger partial charge is 0.342 e. The van der Waals surface area contributed by atoms with Gasteiger partial charge in [-0.15, -0.1) is 0 Å². The number of carbonyl (C=O) groups is 1. The Morgan fingerprint density at radius 3 is 2.62 bits per heavy atom.